The third-order valence-electron chi connectivity index (χ3n) is 1.97. The molecule has 0 aromatic carbocycles. The highest BCUT2D eigenvalue weighted by molar-refractivity contribution is 5.71. The van der Waals surface area contributed by atoms with E-state index >= 15 is 0 Å². The topological polar surface area (TPSA) is 50.2 Å². The number of hydrogen-bond acceptors (Lipinski definition) is 2. The molecule has 0 amide bonds. The van der Waals surface area contributed by atoms with Gasteiger partial charge in [0.25, 0.3) is 6.43 Å². The third kappa shape index (κ3) is 2.45. The predicted octanol–water partition coefficient (Wildman–Crippen LogP) is 2.09. The van der Waals surface area contributed by atoms with Gasteiger partial charge >= 0.3 is 5.97 Å². The van der Waals surface area contributed by atoms with Gasteiger partial charge in [0.05, 0.1) is 12.6 Å². The van der Waals surface area contributed by atoms with Crippen molar-refractivity contribution >= 4 is 5.97 Å². The summed E-state index contributed by atoms with van der Waals surface area (Å²) in [6.07, 6.45) is -2.89. The average molecular weight is 219 g/mol. The summed E-state index contributed by atoms with van der Waals surface area (Å²) in [5.74, 6) is -2.08. The zero-order chi connectivity index (χ0) is 11.6. The van der Waals surface area contributed by atoms with Gasteiger partial charge in [-0.2, -0.15) is 0 Å². The molecule has 0 saturated heterocycles. The highest BCUT2D eigenvalue weighted by atomic mass is 19.3. The van der Waals surface area contributed by atoms with Crippen molar-refractivity contribution < 1.29 is 23.1 Å². The lowest BCUT2D eigenvalue weighted by molar-refractivity contribution is -0.136. The molecule has 1 N–H and O–H groups in total. The highest BCUT2D eigenvalue weighted by Crippen LogP contribution is 2.24. The van der Waals surface area contributed by atoms with E-state index in [1.165, 1.54) is 6.92 Å². The number of alkyl halides is 2. The first kappa shape index (κ1) is 11.5. The van der Waals surface area contributed by atoms with Crippen LogP contribution in [0.3, 0.4) is 0 Å². The number of aliphatic carboxylic acids is 1. The summed E-state index contributed by atoms with van der Waals surface area (Å²) >= 11 is 0. The number of carboxylic acid groups (broad SMARTS) is 1. The van der Waals surface area contributed by atoms with E-state index < -0.39 is 30.3 Å². The van der Waals surface area contributed by atoms with Crippen molar-refractivity contribution in [3.8, 4) is 0 Å². The van der Waals surface area contributed by atoms with Crippen molar-refractivity contribution in [1.29, 1.82) is 0 Å². The Balaban J connectivity index is 3.28. The molecule has 3 nitrogen and oxygen atoms in total. The van der Waals surface area contributed by atoms with Crippen LogP contribution >= 0.6 is 0 Å². The molecule has 0 aliphatic rings. The molecule has 0 spiro atoms. The number of nitrogens with zero attached hydrogens (tertiary/aromatic N) is 1. The van der Waals surface area contributed by atoms with Crippen LogP contribution in [0.1, 0.15) is 23.2 Å². The van der Waals surface area contributed by atoms with Gasteiger partial charge in [-0.25, -0.2) is 13.2 Å². The lowest BCUT2D eigenvalue weighted by atomic mass is 10.0. The molecule has 0 unspecified atom stereocenters. The standard InChI is InChI=1S/C9H8F3NO2/c1-4-5(2-7(14)15)8(9(11)12)13-3-6(4)10/h3,9H,2H2,1H3,(H,14,15). The normalized spacial score (nSPS) is 10.7. The van der Waals surface area contributed by atoms with E-state index in [1.807, 2.05) is 0 Å². The number of carbonyl (C=O) groups is 1. The molecular formula is C9H8F3NO2. The van der Waals surface area contributed by atoms with Crippen LogP contribution in [0.25, 0.3) is 0 Å². The van der Waals surface area contributed by atoms with Crippen LogP contribution in [0.15, 0.2) is 6.20 Å². The fourth-order valence-electron chi connectivity index (χ4n) is 1.20. The van der Waals surface area contributed by atoms with E-state index in [0.29, 0.717) is 6.20 Å². The fourth-order valence-corrected chi connectivity index (χ4v) is 1.20. The SMILES string of the molecule is Cc1c(F)cnc(C(F)F)c1CC(=O)O. The van der Waals surface area contributed by atoms with Gasteiger partial charge in [-0.15, -0.1) is 0 Å². The monoisotopic (exact) mass is 219 g/mol. The van der Waals surface area contributed by atoms with Gasteiger partial charge in [0.2, 0.25) is 0 Å². The van der Waals surface area contributed by atoms with E-state index in [2.05, 4.69) is 4.98 Å². The van der Waals surface area contributed by atoms with Crippen LogP contribution in [0, 0.1) is 12.7 Å². The first-order chi connectivity index (χ1) is 6.93. The number of aromatic nitrogens is 1. The molecule has 0 aliphatic carbocycles. The maximum Gasteiger partial charge on any atom is 0.307 e. The lowest BCUT2D eigenvalue weighted by Gasteiger charge is -2.09. The number of carboxylic acids is 1. The van der Waals surface area contributed by atoms with Gasteiger partial charge in [-0.05, 0) is 18.1 Å². The van der Waals surface area contributed by atoms with Crippen LogP contribution in [0.4, 0.5) is 13.2 Å². The van der Waals surface area contributed by atoms with Crippen LogP contribution in [0.5, 0.6) is 0 Å². The van der Waals surface area contributed by atoms with Gasteiger partial charge < -0.3 is 5.11 Å². The number of rotatable bonds is 3. The van der Waals surface area contributed by atoms with E-state index in [1.54, 1.807) is 0 Å². The summed E-state index contributed by atoms with van der Waals surface area (Å²) in [7, 11) is 0. The smallest absolute Gasteiger partial charge is 0.307 e. The molecule has 1 heterocycles. The molecule has 0 bridgehead atoms. The Morgan fingerprint density at radius 3 is 2.67 bits per heavy atom. The van der Waals surface area contributed by atoms with Crippen molar-refractivity contribution in [2.24, 2.45) is 0 Å². The largest absolute Gasteiger partial charge is 0.481 e. The molecule has 6 heteroatoms. The molecule has 0 aliphatic heterocycles. The second kappa shape index (κ2) is 4.29. The summed E-state index contributed by atoms with van der Waals surface area (Å²) in [4.78, 5) is 13.6. The minimum atomic E-state index is -2.90. The van der Waals surface area contributed by atoms with Crippen molar-refractivity contribution in [3.63, 3.8) is 0 Å². The summed E-state index contributed by atoms with van der Waals surface area (Å²) in [6.45, 7) is 1.25. The molecule has 15 heavy (non-hydrogen) atoms. The molecule has 1 aromatic heterocycles. The van der Waals surface area contributed by atoms with Gasteiger partial charge in [0.1, 0.15) is 11.5 Å². The molecule has 1 rings (SSSR count). The van der Waals surface area contributed by atoms with Crippen LogP contribution in [-0.4, -0.2) is 16.1 Å². The number of pyridine rings is 1. The van der Waals surface area contributed by atoms with Gasteiger partial charge in [-0.3, -0.25) is 9.78 Å². The molecule has 0 fully saturated rings. The lowest BCUT2D eigenvalue weighted by Crippen LogP contribution is -2.09. The maximum atomic E-state index is 13.0. The van der Waals surface area contributed by atoms with Crippen molar-refractivity contribution in [2.45, 2.75) is 19.8 Å². The Kier molecular flexibility index (Phi) is 3.28. The third-order valence-corrected chi connectivity index (χ3v) is 1.97. The quantitative estimate of drug-likeness (QED) is 0.846. The zero-order valence-corrected chi connectivity index (χ0v) is 7.80. The van der Waals surface area contributed by atoms with E-state index in [0.717, 1.165) is 0 Å². The Morgan fingerprint density at radius 2 is 2.20 bits per heavy atom. The van der Waals surface area contributed by atoms with Crippen molar-refractivity contribution in [3.05, 3.63) is 28.8 Å². The summed E-state index contributed by atoms with van der Waals surface area (Å²) in [5.41, 5.74) is -1.02. The fraction of sp³-hybridized carbons (Fsp3) is 0.333. The number of halogens is 3. The second-order valence-corrected chi connectivity index (χ2v) is 2.97. The van der Waals surface area contributed by atoms with E-state index in [4.69, 9.17) is 5.11 Å². The Morgan fingerprint density at radius 1 is 1.60 bits per heavy atom. The van der Waals surface area contributed by atoms with Gasteiger partial charge in [0, 0.05) is 0 Å². The Bertz CT molecular complexity index is 393. The van der Waals surface area contributed by atoms with Gasteiger partial charge in [0.15, 0.2) is 0 Å². The number of hydrogen-bond donors (Lipinski definition) is 1. The Labute approximate surface area is 83.6 Å². The molecule has 1 aromatic rings. The predicted molar refractivity (Wildman–Crippen MR) is 45.2 cm³/mol. The minimum Gasteiger partial charge on any atom is -0.481 e. The molecular weight excluding hydrogens is 211 g/mol. The zero-order valence-electron chi connectivity index (χ0n) is 7.80. The van der Waals surface area contributed by atoms with Gasteiger partial charge in [-0.1, -0.05) is 0 Å². The average Bonchev–Trinajstić information content (AvgIpc) is 2.12. The minimum absolute atomic E-state index is 0.0947. The van der Waals surface area contributed by atoms with Crippen LogP contribution in [0.2, 0.25) is 0 Å². The van der Waals surface area contributed by atoms with Crippen molar-refractivity contribution in [1.82, 2.24) is 4.98 Å². The molecule has 0 atom stereocenters. The van der Waals surface area contributed by atoms with E-state index in [9.17, 15) is 18.0 Å². The first-order valence-electron chi connectivity index (χ1n) is 4.07. The summed E-state index contributed by atoms with van der Waals surface area (Å²) < 4.78 is 37.8. The molecule has 82 valence electrons. The second-order valence-electron chi connectivity index (χ2n) is 2.97. The summed E-state index contributed by atoms with van der Waals surface area (Å²) in [5, 5.41) is 8.49. The summed E-state index contributed by atoms with van der Waals surface area (Å²) in [6, 6.07) is 0. The highest BCUT2D eigenvalue weighted by Gasteiger charge is 2.20. The maximum absolute atomic E-state index is 13.0. The van der Waals surface area contributed by atoms with Crippen LogP contribution in [-0.2, 0) is 11.2 Å². The van der Waals surface area contributed by atoms with Crippen molar-refractivity contribution in [2.75, 3.05) is 0 Å². The van der Waals surface area contributed by atoms with E-state index in [-0.39, 0.29) is 11.1 Å². The first-order valence-corrected chi connectivity index (χ1v) is 4.07. The Hall–Kier alpha value is -1.59. The van der Waals surface area contributed by atoms with Crippen LogP contribution < -0.4 is 0 Å². The molecule has 0 saturated carbocycles. The molecule has 0 radical (unpaired) electrons.